The molecule has 9 heteroatoms. The van der Waals surface area contributed by atoms with E-state index in [1.165, 1.54) is 11.1 Å². The number of benzene rings is 1. The van der Waals surface area contributed by atoms with Crippen molar-refractivity contribution in [2.75, 3.05) is 6.61 Å². The molecule has 0 radical (unpaired) electrons. The topological polar surface area (TPSA) is 115 Å². The number of aliphatic hydroxyl groups excluding tert-OH is 1. The third kappa shape index (κ3) is 4.25. The van der Waals surface area contributed by atoms with Gasteiger partial charge in [-0.1, -0.05) is 24.3 Å². The first-order valence-electron chi connectivity index (χ1n) is 10.5. The lowest BCUT2D eigenvalue weighted by molar-refractivity contribution is 0.101. The van der Waals surface area contributed by atoms with Gasteiger partial charge in [-0.15, -0.1) is 11.3 Å². The summed E-state index contributed by atoms with van der Waals surface area (Å²) in [6, 6.07) is 8.66. The first-order valence-corrected chi connectivity index (χ1v) is 12.9. The molecule has 164 valence electrons. The van der Waals surface area contributed by atoms with Gasteiger partial charge in [0.25, 0.3) is 0 Å². The van der Waals surface area contributed by atoms with Crippen molar-refractivity contribution in [3.05, 3.63) is 58.4 Å². The average Bonchev–Trinajstić information content (AvgIpc) is 3.43. The van der Waals surface area contributed by atoms with Crippen LogP contribution in [0.25, 0.3) is 10.2 Å². The van der Waals surface area contributed by atoms with Crippen LogP contribution in [0.5, 0.6) is 0 Å². The molecule has 0 aliphatic heterocycles. The second-order valence-electron chi connectivity index (χ2n) is 8.60. The Morgan fingerprint density at radius 1 is 1.19 bits per heavy atom. The minimum Gasteiger partial charge on any atom is -0.393 e. The van der Waals surface area contributed by atoms with Crippen LogP contribution in [0.2, 0.25) is 0 Å². The molecular formula is C22H25N3O4S2. The molecule has 1 aromatic carbocycles. The Labute approximate surface area is 185 Å². The van der Waals surface area contributed by atoms with Crippen molar-refractivity contribution in [3.63, 3.8) is 0 Å². The van der Waals surface area contributed by atoms with Gasteiger partial charge >= 0.3 is 10.3 Å². The molecule has 2 aliphatic rings. The molecule has 0 amide bonds. The van der Waals surface area contributed by atoms with Gasteiger partial charge in [-0.2, -0.15) is 8.42 Å². The van der Waals surface area contributed by atoms with Crippen molar-refractivity contribution < 1.29 is 17.7 Å². The molecule has 3 aromatic rings. The highest BCUT2D eigenvalue weighted by Crippen LogP contribution is 2.44. The summed E-state index contributed by atoms with van der Waals surface area (Å²) in [6.45, 7) is -0.0973. The van der Waals surface area contributed by atoms with E-state index in [1.807, 2.05) is 0 Å². The van der Waals surface area contributed by atoms with Gasteiger partial charge in [-0.3, -0.25) is 4.18 Å². The van der Waals surface area contributed by atoms with Gasteiger partial charge < -0.3 is 5.11 Å². The standard InChI is InChI=1S/C22H25N3O4S2/c23-31(27,28)29-10-16-7-15(9-20(16)26)18-11-30-22-19(24-12-25-21(18)22)8-14-6-5-13-3-1-2-4-17(13)14/h1-4,11-12,14-16,20,26H,5-10H2,(H2,23,27,28)/t14-,15-,16+,20+/m1/s1. The van der Waals surface area contributed by atoms with E-state index in [4.69, 9.17) is 9.32 Å². The zero-order valence-corrected chi connectivity index (χ0v) is 18.6. The second-order valence-corrected chi connectivity index (χ2v) is 10.7. The van der Waals surface area contributed by atoms with Crippen LogP contribution in [0.1, 0.15) is 53.5 Å². The summed E-state index contributed by atoms with van der Waals surface area (Å²) in [4.78, 5) is 9.19. The molecule has 2 aromatic heterocycles. The Bertz CT molecular complexity index is 1210. The summed E-state index contributed by atoms with van der Waals surface area (Å²) < 4.78 is 28.0. The van der Waals surface area contributed by atoms with Gasteiger partial charge in [-0.05, 0) is 66.0 Å². The minimum absolute atomic E-state index is 0.0973. The Balaban J connectivity index is 1.37. The number of rotatable bonds is 6. The molecule has 1 fully saturated rings. The molecule has 2 heterocycles. The van der Waals surface area contributed by atoms with Crippen molar-refractivity contribution in [2.24, 2.45) is 11.1 Å². The first kappa shape index (κ1) is 21.0. The lowest BCUT2D eigenvalue weighted by Gasteiger charge is -2.13. The van der Waals surface area contributed by atoms with Crippen molar-refractivity contribution >= 4 is 31.9 Å². The van der Waals surface area contributed by atoms with Crippen LogP contribution in [0.15, 0.2) is 36.0 Å². The Morgan fingerprint density at radius 3 is 2.87 bits per heavy atom. The van der Waals surface area contributed by atoms with Crippen LogP contribution in [0.4, 0.5) is 0 Å². The van der Waals surface area contributed by atoms with Gasteiger partial charge in [-0.25, -0.2) is 15.1 Å². The van der Waals surface area contributed by atoms with Gasteiger partial charge in [0.2, 0.25) is 0 Å². The van der Waals surface area contributed by atoms with Crippen LogP contribution in [0, 0.1) is 5.92 Å². The highest BCUT2D eigenvalue weighted by molar-refractivity contribution is 7.84. The van der Waals surface area contributed by atoms with Crippen LogP contribution >= 0.6 is 11.3 Å². The Hall–Kier alpha value is -1.91. The molecule has 7 nitrogen and oxygen atoms in total. The van der Waals surface area contributed by atoms with Crippen molar-refractivity contribution in [2.45, 2.75) is 50.0 Å². The predicted molar refractivity (Wildman–Crippen MR) is 119 cm³/mol. The van der Waals surface area contributed by atoms with Gasteiger partial charge in [0, 0.05) is 5.92 Å². The summed E-state index contributed by atoms with van der Waals surface area (Å²) in [5, 5.41) is 17.5. The minimum atomic E-state index is -4.01. The number of thiophene rings is 1. The average molecular weight is 460 g/mol. The molecule has 0 spiro atoms. The number of nitrogens with two attached hydrogens (primary N) is 1. The van der Waals surface area contributed by atoms with E-state index >= 15 is 0 Å². The molecule has 31 heavy (non-hydrogen) atoms. The first-order chi connectivity index (χ1) is 14.9. The summed E-state index contributed by atoms with van der Waals surface area (Å²) in [5.41, 5.74) is 6.01. The molecule has 4 atom stereocenters. The quantitative estimate of drug-likeness (QED) is 0.585. The maximum atomic E-state index is 11.1. The molecule has 3 N–H and O–H groups in total. The maximum Gasteiger partial charge on any atom is 0.333 e. The summed E-state index contributed by atoms with van der Waals surface area (Å²) in [7, 11) is -4.01. The van der Waals surface area contributed by atoms with Crippen molar-refractivity contribution in [1.82, 2.24) is 9.97 Å². The maximum absolute atomic E-state index is 11.1. The van der Waals surface area contributed by atoms with E-state index in [2.05, 4.69) is 39.6 Å². The van der Waals surface area contributed by atoms with Crippen LogP contribution < -0.4 is 5.14 Å². The van der Waals surface area contributed by atoms with E-state index in [0.29, 0.717) is 18.8 Å². The highest BCUT2D eigenvalue weighted by Gasteiger charge is 2.36. The normalized spacial score (nSPS) is 25.9. The summed E-state index contributed by atoms with van der Waals surface area (Å²) >= 11 is 1.66. The number of aryl methyl sites for hydroxylation is 1. The van der Waals surface area contributed by atoms with Crippen LogP contribution in [-0.4, -0.2) is 36.2 Å². The van der Waals surface area contributed by atoms with E-state index in [0.717, 1.165) is 40.7 Å². The SMILES string of the molecule is NS(=O)(=O)OC[C@@H]1C[C@@H](c2csc3c(C[C@H]4CCc5ccccc54)ncnc23)C[C@@H]1O. The number of aliphatic hydroxyl groups is 1. The Kier molecular flexibility index (Phi) is 5.56. The number of nitrogens with zero attached hydrogens (tertiary/aromatic N) is 2. The number of hydrogen-bond acceptors (Lipinski definition) is 7. The molecule has 5 rings (SSSR count). The fourth-order valence-corrected chi connectivity index (χ4v) is 6.63. The van der Waals surface area contributed by atoms with Gasteiger partial charge in [0.1, 0.15) is 6.33 Å². The molecule has 0 saturated heterocycles. The third-order valence-corrected chi connectivity index (χ3v) is 8.20. The lowest BCUT2D eigenvalue weighted by atomic mass is 9.95. The monoisotopic (exact) mass is 459 g/mol. The highest BCUT2D eigenvalue weighted by atomic mass is 32.2. The molecule has 0 bridgehead atoms. The van der Waals surface area contributed by atoms with Gasteiger partial charge in [0.05, 0.1) is 28.6 Å². The predicted octanol–water partition coefficient (Wildman–Crippen LogP) is 3.04. The smallest absolute Gasteiger partial charge is 0.333 e. The lowest BCUT2D eigenvalue weighted by Crippen LogP contribution is -2.24. The van der Waals surface area contributed by atoms with Gasteiger partial charge in [0.15, 0.2) is 0 Å². The zero-order valence-electron chi connectivity index (χ0n) is 17.0. The third-order valence-electron chi connectivity index (χ3n) is 6.70. The molecule has 1 saturated carbocycles. The van der Waals surface area contributed by atoms with Crippen molar-refractivity contribution in [1.29, 1.82) is 0 Å². The van der Waals surface area contributed by atoms with E-state index in [1.54, 1.807) is 17.7 Å². The second kappa shape index (κ2) is 8.22. The van der Waals surface area contributed by atoms with E-state index in [-0.39, 0.29) is 18.4 Å². The number of hydrogen-bond donors (Lipinski definition) is 2. The molecule has 2 aliphatic carbocycles. The van der Waals surface area contributed by atoms with Crippen LogP contribution in [-0.2, 0) is 27.3 Å². The zero-order chi connectivity index (χ0) is 21.6. The van der Waals surface area contributed by atoms with E-state index < -0.39 is 16.4 Å². The number of aromatic nitrogens is 2. The summed E-state index contributed by atoms with van der Waals surface area (Å²) in [5.74, 6) is 0.315. The van der Waals surface area contributed by atoms with Crippen LogP contribution in [0.3, 0.4) is 0 Å². The molecular weight excluding hydrogens is 434 g/mol. The fraction of sp³-hybridized carbons (Fsp3) is 0.455. The van der Waals surface area contributed by atoms with Crippen molar-refractivity contribution in [3.8, 4) is 0 Å². The number of fused-ring (bicyclic) bond motifs is 2. The fourth-order valence-electron chi connectivity index (χ4n) is 5.16. The largest absolute Gasteiger partial charge is 0.393 e. The Morgan fingerprint density at radius 2 is 2.03 bits per heavy atom. The summed E-state index contributed by atoms with van der Waals surface area (Å²) in [6.07, 6.45) is 5.36. The molecule has 0 unspecified atom stereocenters. The van der Waals surface area contributed by atoms with E-state index in [9.17, 15) is 13.5 Å².